The van der Waals surface area contributed by atoms with Gasteiger partial charge in [-0.1, -0.05) is 0 Å². The van der Waals surface area contributed by atoms with Gasteiger partial charge in [0, 0.05) is 0 Å². The fraction of sp³-hybridized carbons (Fsp3) is 0.625. The van der Waals surface area contributed by atoms with Crippen molar-refractivity contribution in [3.8, 4) is 0 Å². The first kappa shape index (κ1) is 22.1. The van der Waals surface area contributed by atoms with Gasteiger partial charge >= 0.3 is 121 Å². The minimum absolute atomic E-state index is 0.360. The van der Waals surface area contributed by atoms with Crippen LogP contribution in [0.2, 0.25) is 4.22 Å². The normalized spacial score (nSPS) is 22.0. The van der Waals surface area contributed by atoms with Gasteiger partial charge in [0.25, 0.3) is 0 Å². The molecule has 0 bridgehead atoms. The molecule has 0 heterocycles. The molecule has 2 aliphatic carbocycles. The molecule has 0 radical (unpaired) electrons. The van der Waals surface area contributed by atoms with E-state index in [1.807, 2.05) is 0 Å². The Hall–Kier alpha value is -0.946. The van der Waals surface area contributed by atoms with E-state index in [2.05, 4.69) is 28.4 Å². The molecule has 0 aliphatic heterocycles. The molecule has 7 heteroatoms. The van der Waals surface area contributed by atoms with Crippen molar-refractivity contribution in [1.82, 2.24) is 7.60 Å². The standard InChI is InChI=1S/C12H17.2CH3NO.2CH3O.Ti/c1-8-9(2)11-6-4-5-7-12(11)10(8)3;2*2-1-3;2*1-2;/h6,10H,4-5,7H2,1-3H3;2*1H,(H2,2,3);2*1H3;/q;;;2*-1;+4/p-2. The van der Waals surface area contributed by atoms with Crippen LogP contribution in [0.25, 0.3) is 0 Å². The van der Waals surface area contributed by atoms with Gasteiger partial charge in [0.2, 0.25) is 0 Å². The van der Waals surface area contributed by atoms with Crippen molar-refractivity contribution in [2.75, 3.05) is 14.2 Å². The molecule has 23 heavy (non-hydrogen) atoms. The molecule has 2 unspecified atom stereocenters. The minimum atomic E-state index is -2.11. The first-order valence-corrected chi connectivity index (χ1v) is 10.1. The van der Waals surface area contributed by atoms with Crippen LogP contribution in [0.1, 0.15) is 40.0 Å². The Kier molecular flexibility index (Phi) is 11.1. The molecule has 0 aromatic rings. The average molecular weight is 359 g/mol. The van der Waals surface area contributed by atoms with Gasteiger partial charge in [0.15, 0.2) is 0 Å². The Morgan fingerprint density at radius 1 is 1.09 bits per heavy atom. The fourth-order valence-electron chi connectivity index (χ4n) is 3.41. The number of rotatable bonds is 5. The third-order valence-corrected chi connectivity index (χ3v) is 7.91. The molecule has 0 spiro atoms. The fourth-order valence-corrected chi connectivity index (χ4v) is 6.41. The van der Waals surface area contributed by atoms with Gasteiger partial charge in [-0.05, 0) is 0 Å². The molecular formula is C16H27N2O4Ti. The van der Waals surface area contributed by atoms with E-state index in [0.29, 0.717) is 10.1 Å². The van der Waals surface area contributed by atoms with Gasteiger partial charge in [-0.3, -0.25) is 0 Å². The summed E-state index contributed by atoms with van der Waals surface area (Å²) in [6.07, 6.45) is 4.88. The molecular weight excluding hydrogens is 332 g/mol. The summed E-state index contributed by atoms with van der Waals surface area (Å²) in [5.74, 6) is 0.532. The van der Waals surface area contributed by atoms with E-state index in [0.717, 1.165) is 46.3 Å². The largest absolute Gasteiger partial charge is 0.857 e. The van der Waals surface area contributed by atoms with Crippen LogP contribution in [-0.4, -0.2) is 27.0 Å². The number of hydrogen-bond acceptors (Lipinski definition) is 4. The van der Waals surface area contributed by atoms with Crippen LogP contribution in [0, 0.1) is 5.92 Å². The zero-order valence-electron chi connectivity index (χ0n) is 14.6. The van der Waals surface area contributed by atoms with Crippen LogP contribution in [0.3, 0.4) is 0 Å². The summed E-state index contributed by atoms with van der Waals surface area (Å²) in [6.45, 7) is 6.66. The van der Waals surface area contributed by atoms with Gasteiger partial charge in [-0.25, -0.2) is 0 Å². The molecule has 2 amide bonds. The molecule has 0 fully saturated rings. The first-order valence-electron chi connectivity index (χ1n) is 7.61. The summed E-state index contributed by atoms with van der Waals surface area (Å²) >= 11 is -2.11. The van der Waals surface area contributed by atoms with Crippen molar-refractivity contribution in [1.29, 1.82) is 0 Å². The van der Waals surface area contributed by atoms with Gasteiger partial charge in [0.1, 0.15) is 0 Å². The summed E-state index contributed by atoms with van der Waals surface area (Å²) < 4.78 is 6.17. The topological polar surface area (TPSA) is 104 Å². The summed E-state index contributed by atoms with van der Waals surface area (Å²) in [5, 5.41) is 16.5. The quantitative estimate of drug-likeness (QED) is 0.538. The van der Waals surface area contributed by atoms with Gasteiger partial charge in [-0.15, -0.1) is 0 Å². The predicted molar refractivity (Wildman–Crippen MR) is 82.4 cm³/mol. The SMILES string of the molecule is CC1=C(C)C(C)C2=C1[CH]([Ti+2]([NH]C=O)[NH]C=O)CCC2.C[O-].C[O-]. The summed E-state index contributed by atoms with van der Waals surface area (Å²) in [7, 11) is 1.50. The van der Waals surface area contributed by atoms with E-state index in [1.165, 1.54) is 22.3 Å². The third-order valence-electron chi connectivity index (χ3n) is 4.58. The van der Waals surface area contributed by atoms with Crippen LogP contribution < -0.4 is 17.8 Å². The maximum Gasteiger partial charge on any atom is -0.153 e. The van der Waals surface area contributed by atoms with Crippen molar-refractivity contribution in [3.63, 3.8) is 0 Å². The Balaban J connectivity index is 0.00000112. The van der Waals surface area contributed by atoms with Gasteiger partial charge in [0.05, 0.1) is 0 Å². The number of carbonyl (C=O) groups excluding carboxylic acids is 2. The molecule has 0 aromatic heterocycles. The van der Waals surface area contributed by atoms with Crippen LogP contribution >= 0.6 is 0 Å². The Bertz CT molecular complexity index is 453. The van der Waals surface area contributed by atoms with Crippen molar-refractivity contribution < 1.29 is 38.2 Å². The third kappa shape index (κ3) is 5.01. The molecule has 2 atom stereocenters. The molecule has 129 valence electrons. The molecule has 2 rings (SSSR count). The van der Waals surface area contributed by atoms with E-state index in [1.54, 1.807) is 0 Å². The van der Waals surface area contributed by atoms with E-state index in [-0.39, 0.29) is 0 Å². The Morgan fingerprint density at radius 3 is 2.09 bits per heavy atom. The summed E-state index contributed by atoms with van der Waals surface area (Å²) in [6, 6.07) is 0. The van der Waals surface area contributed by atoms with Crippen LogP contribution in [-0.2, 0) is 28.0 Å². The van der Waals surface area contributed by atoms with Crippen molar-refractivity contribution >= 4 is 12.8 Å². The van der Waals surface area contributed by atoms with Crippen LogP contribution in [0.4, 0.5) is 0 Å². The number of nitrogens with one attached hydrogen (secondary N) is 2. The van der Waals surface area contributed by atoms with E-state index >= 15 is 0 Å². The second kappa shape index (κ2) is 11.6. The smallest absolute Gasteiger partial charge is 0.153 e. The molecule has 0 aromatic carbocycles. The Morgan fingerprint density at radius 2 is 1.61 bits per heavy atom. The number of allylic oxidation sites excluding steroid dienone is 4. The monoisotopic (exact) mass is 359 g/mol. The van der Waals surface area contributed by atoms with Crippen molar-refractivity contribution in [2.24, 2.45) is 5.92 Å². The number of hydrogen-bond donors (Lipinski definition) is 2. The number of carbonyl (C=O) groups is 2. The van der Waals surface area contributed by atoms with E-state index < -0.39 is 18.4 Å². The zero-order valence-corrected chi connectivity index (χ0v) is 16.1. The van der Waals surface area contributed by atoms with Crippen molar-refractivity contribution in [3.05, 3.63) is 22.3 Å². The van der Waals surface area contributed by atoms with Crippen LogP contribution in [0.15, 0.2) is 22.3 Å². The average Bonchev–Trinajstić information content (AvgIpc) is 2.83. The molecule has 0 saturated heterocycles. The second-order valence-corrected chi connectivity index (χ2v) is 8.63. The summed E-state index contributed by atoms with van der Waals surface area (Å²) in [4.78, 5) is 21.6. The minimum Gasteiger partial charge on any atom is -0.857 e. The second-order valence-electron chi connectivity index (χ2n) is 5.35. The van der Waals surface area contributed by atoms with Gasteiger partial charge in [-0.2, -0.15) is 14.2 Å². The maximum atomic E-state index is 10.8. The van der Waals surface area contributed by atoms with E-state index in [9.17, 15) is 9.59 Å². The molecule has 0 saturated carbocycles. The Labute approximate surface area is 145 Å². The molecule has 2 N–H and O–H groups in total. The molecule has 2 aliphatic rings. The van der Waals surface area contributed by atoms with Gasteiger partial charge < -0.3 is 10.2 Å². The first-order chi connectivity index (χ1) is 11.1. The summed E-state index contributed by atoms with van der Waals surface area (Å²) in [5.41, 5.74) is 5.82. The predicted octanol–water partition coefficient (Wildman–Crippen LogP) is 0.135. The van der Waals surface area contributed by atoms with Crippen LogP contribution in [0.5, 0.6) is 0 Å². The maximum absolute atomic E-state index is 10.8. The van der Waals surface area contributed by atoms with E-state index in [4.69, 9.17) is 10.2 Å². The number of amides is 2. The van der Waals surface area contributed by atoms with Crippen molar-refractivity contribution in [2.45, 2.75) is 44.3 Å². The zero-order chi connectivity index (χ0) is 18.0. The molecule has 6 nitrogen and oxygen atoms in total.